The average molecular weight is 349 g/mol. The first-order valence-corrected chi connectivity index (χ1v) is 8.56. The third kappa shape index (κ3) is 3.47. The standard InChI is InChI=1S/C21H23N3O2/c1-14-7-5-6-8-20(14)24-16(3)19(13-22-24)15(2)23-21(25)17-9-11-18(26-4)12-10-17/h5-13,15H,1-4H3,(H,23,25). The van der Waals surface area contributed by atoms with E-state index in [2.05, 4.69) is 23.4 Å². The highest BCUT2D eigenvalue weighted by atomic mass is 16.5. The van der Waals surface area contributed by atoms with E-state index < -0.39 is 0 Å². The number of hydrogen-bond acceptors (Lipinski definition) is 3. The maximum absolute atomic E-state index is 12.5. The van der Waals surface area contributed by atoms with Gasteiger partial charge in [0.1, 0.15) is 5.75 Å². The molecular formula is C21H23N3O2. The van der Waals surface area contributed by atoms with Crippen molar-refractivity contribution in [3.8, 4) is 11.4 Å². The van der Waals surface area contributed by atoms with E-state index in [0.717, 1.165) is 28.3 Å². The van der Waals surface area contributed by atoms with E-state index in [4.69, 9.17) is 4.74 Å². The first-order valence-electron chi connectivity index (χ1n) is 8.56. The van der Waals surface area contributed by atoms with Crippen molar-refractivity contribution in [3.63, 3.8) is 0 Å². The number of carbonyl (C=O) groups is 1. The van der Waals surface area contributed by atoms with Gasteiger partial charge < -0.3 is 10.1 Å². The maximum Gasteiger partial charge on any atom is 0.251 e. The van der Waals surface area contributed by atoms with Gasteiger partial charge in [-0.3, -0.25) is 4.79 Å². The highest BCUT2D eigenvalue weighted by molar-refractivity contribution is 5.94. The van der Waals surface area contributed by atoms with Crippen LogP contribution in [0.4, 0.5) is 0 Å². The van der Waals surface area contributed by atoms with Gasteiger partial charge in [-0.05, 0) is 56.7 Å². The molecular weight excluding hydrogens is 326 g/mol. The van der Waals surface area contributed by atoms with E-state index >= 15 is 0 Å². The smallest absolute Gasteiger partial charge is 0.251 e. The Balaban J connectivity index is 1.79. The summed E-state index contributed by atoms with van der Waals surface area (Å²) >= 11 is 0. The second-order valence-electron chi connectivity index (χ2n) is 6.31. The summed E-state index contributed by atoms with van der Waals surface area (Å²) in [7, 11) is 1.60. The molecule has 1 aromatic heterocycles. The van der Waals surface area contributed by atoms with Gasteiger partial charge >= 0.3 is 0 Å². The molecule has 2 aromatic carbocycles. The van der Waals surface area contributed by atoms with Crippen LogP contribution in [0.15, 0.2) is 54.7 Å². The summed E-state index contributed by atoms with van der Waals surface area (Å²) < 4.78 is 7.04. The Morgan fingerprint density at radius 1 is 1.12 bits per heavy atom. The van der Waals surface area contributed by atoms with Crippen molar-refractivity contribution in [2.24, 2.45) is 0 Å². The number of benzene rings is 2. The molecule has 5 nitrogen and oxygen atoms in total. The molecule has 0 aliphatic carbocycles. The molecule has 134 valence electrons. The number of aryl methyl sites for hydroxylation is 1. The van der Waals surface area contributed by atoms with Crippen molar-refractivity contribution in [1.29, 1.82) is 0 Å². The number of carbonyl (C=O) groups excluding carboxylic acids is 1. The molecule has 1 heterocycles. The summed E-state index contributed by atoms with van der Waals surface area (Å²) in [6.45, 7) is 6.05. The Labute approximate surface area is 153 Å². The number of para-hydroxylation sites is 1. The van der Waals surface area contributed by atoms with Gasteiger partial charge in [0, 0.05) is 16.8 Å². The number of nitrogens with one attached hydrogen (secondary N) is 1. The fourth-order valence-corrected chi connectivity index (χ4v) is 2.99. The quantitative estimate of drug-likeness (QED) is 0.758. The number of amides is 1. The number of nitrogens with zero attached hydrogens (tertiary/aromatic N) is 2. The fourth-order valence-electron chi connectivity index (χ4n) is 2.99. The van der Waals surface area contributed by atoms with Crippen LogP contribution in [0.3, 0.4) is 0 Å². The van der Waals surface area contributed by atoms with Crippen molar-refractivity contribution in [1.82, 2.24) is 15.1 Å². The molecule has 3 aromatic rings. The van der Waals surface area contributed by atoms with Gasteiger partial charge in [0.15, 0.2) is 0 Å². The van der Waals surface area contributed by atoms with Gasteiger partial charge in [0.25, 0.3) is 5.91 Å². The summed E-state index contributed by atoms with van der Waals surface area (Å²) in [4.78, 5) is 12.5. The van der Waals surface area contributed by atoms with Gasteiger partial charge in [-0.15, -0.1) is 0 Å². The molecule has 0 spiro atoms. The molecule has 0 radical (unpaired) electrons. The zero-order valence-corrected chi connectivity index (χ0v) is 15.5. The Morgan fingerprint density at radius 2 is 1.81 bits per heavy atom. The molecule has 1 unspecified atom stereocenters. The summed E-state index contributed by atoms with van der Waals surface area (Å²) in [5, 5.41) is 7.56. The maximum atomic E-state index is 12.5. The molecule has 0 saturated carbocycles. The first kappa shape index (κ1) is 17.7. The van der Waals surface area contributed by atoms with E-state index in [-0.39, 0.29) is 11.9 Å². The normalized spacial score (nSPS) is 11.8. The Morgan fingerprint density at radius 3 is 2.46 bits per heavy atom. The van der Waals surface area contributed by atoms with Gasteiger partial charge in [-0.25, -0.2) is 4.68 Å². The van der Waals surface area contributed by atoms with Crippen molar-refractivity contribution < 1.29 is 9.53 Å². The lowest BCUT2D eigenvalue weighted by Gasteiger charge is -2.15. The monoisotopic (exact) mass is 349 g/mol. The van der Waals surface area contributed by atoms with Crippen LogP contribution in [0.5, 0.6) is 5.75 Å². The largest absolute Gasteiger partial charge is 0.497 e. The number of aromatic nitrogens is 2. The minimum Gasteiger partial charge on any atom is -0.497 e. The lowest BCUT2D eigenvalue weighted by Crippen LogP contribution is -2.26. The first-order chi connectivity index (χ1) is 12.5. The molecule has 0 aliphatic rings. The van der Waals surface area contributed by atoms with Gasteiger partial charge in [-0.2, -0.15) is 5.10 Å². The van der Waals surface area contributed by atoms with Crippen LogP contribution < -0.4 is 10.1 Å². The van der Waals surface area contributed by atoms with Gasteiger partial charge in [0.2, 0.25) is 0 Å². The summed E-state index contributed by atoms with van der Waals surface area (Å²) in [6, 6.07) is 15.0. The lowest BCUT2D eigenvalue weighted by atomic mass is 10.1. The van der Waals surface area contributed by atoms with Crippen molar-refractivity contribution in [3.05, 3.63) is 77.1 Å². The zero-order valence-electron chi connectivity index (χ0n) is 15.5. The molecule has 0 saturated heterocycles. The molecule has 1 amide bonds. The topological polar surface area (TPSA) is 56.1 Å². The van der Waals surface area contributed by atoms with Crippen LogP contribution in [-0.4, -0.2) is 22.8 Å². The Bertz CT molecular complexity index is 913. The number of hydrogen-bond donors (Lipinski definition) is 1. The molecule has 0 aliphatic heterocycles. The zero-order chi connectivity index (χ0) is 18.7. The van der Waals surface area contributed by atoms with E-state index in [0.29, 0.717) is 5.56 Å². The second-order valence-corrected chi connectivity index (χ2v) is 6.31. The van der Waals surface area contributed by atoms with Crippen LogP contribution in [-0.2, 0) is 0 Å². The fraction of sp³-hybridized carbons (Fsp3) is 0.238. The van der Waals surface area contributed by atoms with Crippen LogP contribution in [0.2, 0.25) is 0 Å². The van der Waals surface area contributed by atoms with Gasteiger partial charge in [-0.1, -0.05) is 18.2 Å². The van der Waals surface area contributed by atoms with Crippen LogP contribution in [0, 0.1) is 13.8 Å². The third-order valence-electron chi connectivity index (χ3n) is 4.56. The van der Waals surface area contributed by atoms with E-state index in [1.165, 1.54) is 0 Å². The van der Waals surface area contributed by atoms with E-state index in [1.54, 1.807) is 31.4 Å². The van der Waals surface area contributed by atoms with E-state index in [1.807, 2.05) is 42.9 Å². The number of ether oxygens (including phenoxy) is 1. The minimum atomic E-state index is -0.151. The highest BCUT2D eigenvalue weighted by Gasteiger charge is 2.17. The average Bonchev–Trinajstić information content (AvgIpc) is 3.03. The van der Waals surface area contributed by atoms with Crippen molar-refractivity contribution in [2.75, 3.05) is 7.11 Å². The van der Waals surface area contributed by atoms with E-state index in [9.17, 15) is 4.79 Å². The Kier molecular flexibility index (Phi) is 5.07. The Hall–Kier alpha value is -3.08. The van der Waals surface area contributed by atoms with Crippen molar-refractivity contribution in [2.45, 2.75) is 26.8 Å². The minimum absolute atomic E-state index is 0.122. The predicted molar refractivity (Wildman–Crippen MR) is 102 cm³/mol. The third-order valence-corrected chi connectivity index (χ3v) is 4.56. The second kappa shape index (κ2) is 7.44. The van der Waals surface area contributed by atoms with Crippen LogP contribution >= 0.6 is 0 Å². The summed E-state index contributed by atoms with van der Waals surface area (Å²) in [6.07, 6.45) is 1.82. The lowest BCUT2D eigenvalue weighted by molar-refractivity contribution is 0.0940. The molecule has 5 heteroatoms. The molecule has 1 atom stereocenters. The molecule has 0 fully saturated rings. The molecule has 26 heavy (non-hydrogen) atoms. The summed E-state index contributed by atoms with van der Waals surface area (Å²) in [5.41, 5.74) is 4.81. The number of rotatable bonds is 5. The molecule has 3 rings (SSSR count). The summed E-state index contributed by atoms with van der Waals surface area (Å²) in [5.74, 6) is 0.605. The molecule has 0 bridgehead atoms. The SMILES string of the molecule is COc1ccc(C(=O)NC(C)c2cnn(-c3ccccc3C)c2C)cc1. The predicted octanol–water partition coefficient (Wildman–Crippen LogP) is 3.99. The molecule has 1 N–H and O–H groups in total. The van der Waals surface area contributed by atoms with Crippen LogP contribution in [0.25, 0.3) is 5.69 Å². The number of methoxy groups -OCH3 is 1. The van der Waals surface area contributed by atoms with Gasteiger partial charge in [0.05, 0.1) is 25.0 Å². The highest BCUT2D eigenvalue weighted by Crippen LogP contribution is 2.22. The van der Waals surface area contributed by atoms with Crippen molar-refractivity contribution >= 4 is 5.91 Å². The van der Waals surface area contributed by atoms with Crippen LogP contribution in [0.1, 0.15) is 40.1 Å².